The molecule has 0 spiro atoms. The highest BCUT2D eigenvalue weighted by Gasteiger charge is 2.45. The van der Waals surface area contributed by atoms with E-state index in [1.54, 1.807) is 35.2 Å². The number of hydrogen-bond donors (Lipinski definition) is 1. The fourth-order valence-corrected chi connectivity index (χ4v) is 6.70. The molecule has 14 heteroatoms. The third-order valence-corrected chi connectivity index (χ3v) is 8.91. The molecule has 1 saturated heterocycles. The molecule has 2 aromatic heterocycles. The molecule has 5 atom stereocenters. The van der Waals surface area contributed by atoms with E-state index >= 15 is 0 Å². The van der Waals surface area contributed by atoms with Crippen molar-refractivity contribution in [2.75, 3.05) is 38.4 Å². The van der Waals surface area contributed by atoms with Crippen molar-refractivity contribution in [3.05, 3.63) is 60.0 Å². The van der Waals surface area contributed by atoms with Crippen molar-refractivity contribution in [3.8, 4) is 0 Å². The highest BCUT2D eigenvalue weighted by atomic mass is 31.2. The number of fused-ring (bicyclic) bond motifs is 1. The van der Waals surface area contributed by atoms with E-state index in [0.29, 0.717) is 16.7 Å². The van der Waals surface area contributed by atoms with Gasteiger partial charge in [0.1, 0.15) is 31.8 Å². The van der Waals surface area contributed by atoms with Gasteiger partial charge in [-0.2, -0.15) is 0 Å². The van der Waals surface area contributed by atoms with Crippen LogP contribution in [-0.4, -0.2) is 93.5 Å². The molecule has 0 aliphatic carbocycles. The van der Waals surface area contributed by atoms with Gasteiger partial charge in [-0.3, -0.25) is 4.79 Å². The van der Waals surface area contributed by atoms with Crippen LogP contribution in [-0.2, 0) is 18.5 Å². The van der Waals surface area contributed by atoms with E-state index in [0.717, 1.165) is 0 Å². The molecule has 0 saturated carbocycles. The average molecular weight is 617 g/mol. The summed E-state index contributed by atoms with van der Waals surface area (Å²) in [4.78, 5) is 29.4. The van der Waals surface area contributed by atoms with Gasteiger partial charge in [-0.15, -0.1) is 0 Å². The highest BCUT2D eigenvalue weighted by molar-refractivity contribution is 7.44. The number of benzene rings is 1. The number of aromatic nitrogens is 4. The van der Waals surface area contributed by atoms with E-state index in [9.17, 15) is 9.18 Å². The van der Waals surface area contributed by atoms with Crippen LogP contribution in [0.4, 0.5) is 10.2 Å². The lowest BCUT2D eigenvalue weighted by Crippen LogP contribution is -2.52. The maximum absolute atomic E-state index is 13.5. The molecule has 12 nitrogen and oxygen atoms in total. The maximum Gasteiger partial charge on any atom is 0.259 e. The van der Waals surface area contributed by atoms with Gasteiger partial charge in [-0.25, -0.2) is 30.6 Å². The number of anilines is 1. The molecule has 43 heavy (non-hydrogen) atoms. The molecule has 232 valence electrons. The summed E-state index contributed by atoms with van der Waals surface area (Å²) < 4.78 is 50.6. The summed E-state index contributed by atoms with van der Waals surface area (Å²) in [6, 6.07) is 8.28. The van der Waals surface area contributed by atoms with Crippen LogP contribution in [0.3, 0.4) is 0 Å². The third-order valence-electron chi connectivity index (χ3n) is 6.79. The molecular weight excluding hydrogens is 576 g/mol. The summed E-state index contributed by atoms with van der Waals surface area (Å²) in [7, 11) is -1.70. The van der Waals surface area contributed by atoms with Crippen molar-refractivity contribution in [2.45, 2.75) is 71.0 Å². The minimum atomic E-state index is -1.70. The molecule has 0 radical (unpaired) electrons. The van der Waals surface area contributed by atoms with Gasteiger partial charge in [-0.05, 0) is 46.7 Å². The number of carbonyl (C=O) groups excluding carboxylic acids is 1. The predicted octanol–water partition coefficient (Wildman–Crippen LogP) is 5.06. The van der Waals surface area contributed by atoms with E-state index in [4.69, 9.17) is 26.5 Å². The zero-order valence-corrected chi connectivity index (χ0v) is 25.7. The molecule has 3 aromatic rings. The number of alkyl halides is 1. The molecule has 4 rings (SSSR count). The van der Waals surface area contributed by atoms with Crippen molar-refractivity contribution < 1.29 is 29.1 Å². The zero-order valence-electron chi connectivity index (χ0n) is 25.8. The Morgan fingerprint density at radius 3 is 2.67 bits per heavy atom. The van der Waals surface area contributed by atoms with Gasteiger partial charge >= 0.3 is 0 Å². The van der Waals surface area contributed by atoms with Gasteiger partial charge in [0.2, 0.25) is 6.54 Å². The topological polar surface area (TPSA) is 117 Å². The Hall–Kier alpha value is -3.11. The molecule has 1 aliphatic rings. The molecule has 1 unspecified atom stereocenters. The van der Waals surface area contributed by atoms with E-state index in [1.165, 1.54) is 6.33 Å². The van der Waals surface area contributed by atoms with Crippen molar-refractivity contribution >= 4 is 31.4 Å². The number of imidazole rings is 1. The van der Waals surface area contributed by atoms with Crippen LogP contribution < -0.4 is 5.32 Å². The largest absolute Gasteiger partial charge is 0.373 e. The normalized spacial score (nSPS) is 21.7. The van der Waals surface area contributed by atoms with Crippen LogP contribution in [0.1, 0.15) is 52.4 Å². The number of ether oxygens (including phenoxy) is 2. The molecule has 0 bridgehead atoms. The van der Waals surface area contributed by atoms with Crippen LogP contribution in [0.15, 0.2) is 43.0 Å². The second-order valence-electron chi connectivity index (χ2n) is 10.4. The second-order valence-corrected chi connectivity index (χ2v) is 11.8. The van der Waals surface area contributed by atoms with Gasteiger partial charge < -0.3 is 33.3 Å². The van der Waals surface area contributed by atoms with E-state index in [1.807, 2.05) is 33.8 Å². The molecule has 1 aromatic carbocycles. The first-order valence-corrected chi connectivity index (χ1v) is 15.3. The van der Waals surface area contributed by atoms with Crippen molar-refractivity contribution in [2.24, 2.45) is 0 Å². The number of carbonyl (C=O) groups is 1. The maximum atomic E-state index is 13.5. The summed E-state index contributed by atoms with van der Waals surface area (Å²) in [6.45, 7) is 14.7. The molecule has 1 N–H and O–H groups in total. The number of amides is 1. The fraction of sp³-hybridized carbons (Fsp3) is 0.552. The number of nitrogens with one attached hydrogen (secondary N) is 1. The Morgan fingerprint density at radius 1 is 1.23 bits per heavy atom. The lowest BCUT2D eigenvalue weighted by molar-refractivity contribution is -0.165. The Balaban J connectivity index is 1.68. The van der Waals surface area contributed by atoms with Crippen LogP contribution in [0.5, 0.6) is 0 Å². The van der Waals surface area contributed by atoms with Crippen molar-refractivity contribution in [1.82, 2.24) is 24.2 Å². The third kappa shape index (κ3) is 7.89. The minimum Gasteiger partial charge on any atom is -0.373 e. The average Bonchev–Trinajstić information content (AvgIpc) is 3.45. The zero-order chi connectivity index (χ0) is 31.6. The van der Waals surface area contributed by atoms with Crippen LogP contribution in [0, 0.1) is 6.57 Å². The standard InChI is InChI=1S/C29H39FN7O5P/c1-19(2)37(20(3)4)43(41-15-13-31-6)42-25-21(5)40-16-23(26(25)39-14-12-30)36-18-34-24-27(32-17-33-28(24)36)35-29(38)22-10-8-7-9-11-22/h7-11,17-21,23,25-26H,12-16H2,1-5H3,(H,32,33,35,38)/t21-,23-,25-,26+,43?/m1/s1/i5D. The van der Waals surface area contributed by atoms with Crippen LogP contribution in [0.2, 0.25) is 0 Å². The van der Waals surface area contributed by atoms with Crippen molar-refractivity contribution in [3.63, 3.8) is 0 Å². The van der Waals surface area contributed by atoms with Gasteiger partial charge in [0.15, 0.2) is 17.0 Å². The Labute approximate surface area is 254 Å². The van der Waals surface area contributed by atoms with Gasteiger partial charge in [-0.1, -0.05) is 18.2 Å². The first-order valence-electron chi connectivity index (χ1n) is 14.8. The van der Waals surface area contributed by atoms with Crippen LogP contribution >= 0.6 is 8.53 Å². The smallest absolute Gasteiger partial charge is 0.259 e. The highest BCUT2D eigenvalue weighted by Crippen LogP contribution is 2.49. The van der Waals surface area contributed by atoms with E-state index in [-0.39, 0.29) is 57.1 Å². The second kappa shape index (κ2) is 15.6. The van der Waals surface area contributed by atoms with Gasteiger partial charge in [0.25, 0.3) is 14.4 Å². The SMILES string of the molecule is [2H]C[C@H]1OC[C@@H](n2cnc3c(NC(=O)c4ccccc4)ncnc32)[C@H](OCCF)[C@@H]1OP(OCC[N+]#[C-])N(C(C)C)C(C)C. The lowest BCUT2D eigenvalue weighted by atomic mass is 9.98. The molecular formula is C29H39FN7O5P. The van der Waals surface area contributed by atoms with Crippen molar-refractivity contribution in [1.29, 1.82) is 0 Å². The predicted molar refractivity (Wildman–Crippen MR) is 161 cm³/mol. The first-order chi connectivity index (χ1) is 21.3. The first kappa shape index (κ1) is 31.3. The molecule has 1 amide bonds. The van der Waals surface area contributed by atoms with Gasteiger partial charge in [0.05, 0.1) is 31.7 Å². The summed E-state index contributed by atoms with van der Waals surface area (Å²) in [5.74, 6) is -0.109. The summed E-state index contributed by atoms with van der Waals surface area (Å²) in [5.41, 5.74) is 1.24. The lowest BCUT2D eigenvalue weighted by Gasteiger charge is -2.44. The summed E-state index contributed by atoms with van der Waals surface area (Å²) >= 11 is 0. The quantitative estimate of drug-likeness (QED) is 0.151. The Morgan fingerprint density at radius 2 is 2.00 bits per heavy atom. The molecule has 3 heterocycles. The number of halogens is 1. The minimum absolute atomic E-state index is 0.0489. The Kier molecular flexibility index (Phi) is 11.3. The Bertz CT molecular complexity index is 1390. The number of nitrogens with zero attached hydrogens (tertiary/aromatic N) is 6. The van der Waals surface area contributed by atoms with E-state index in [2.05, 4.69) is 29.8 Å². The molecule has 1 fully saturated rings. The number of hydrogen-bond acceptors (Lipinski definition) is 9. The number of rotatable bonds is 14. The van der Waals surface area contributed by atoms with Gasteiger partial charge in [0, 0.05) is 19.0 Å². The van der Waals surface area contributed by atoms with E-state index < -0.39 is 39.6 Å². The monoisotopic (exact) mass is 616 g/mol. The fourth-order valence-electron chi connectivity index (χ4n) is 4.94. The summed E-state index contributed by atoms with van der Waals surface area (Å²) in [6.07, 6.45) is 0.625. The summed E-state index contributed by atoms with van der Waals surface area (Å²) in [5, 5.41) is 2.80. The van der Waals surface area contributed by atoms with Crippen LogP contribution in [0.25, 0.3) is 16.0 Å². The molecule has 1 aliphatic heterocycles.